The van der Waals surface area contributed by atoms with Crippen LogP contribution in [0.3, 0.4) is 0 Å². The molecular weight excluding hydrogens is 320 g/mol. The summed E-state index contributed by atoms with van der Waals surface area (Å²) in [5.41, 5.74) is 4.01. The number of hydrogen-bond donors (Lipinski definition) is 0. The van der Waals surface area contributed by atoms with E-state index in [1.165, 1.54) is 24.8 Å². The molecule has 1 heterocycles. The minimum Gasteiger partial charge on any atom is -0.379 e. The smallest absolute Gasteiger partial charge is 0.0894 e. The minimum absolute atomic E-state index is 0.352. The molecule has 140 valence electrons. The molecule has 0 aliphatic heterocycles. The van der Waals surface area contributed by atoms with Crippen molar-refractivity contribution in [3.8, 4) is 0 Å². The molecule has 0 fully saturated rings. The van der Waals surface area contributed by atoms with Gasteiger partial charge in [0.2, 0.25) is 0 Å². The molecule has 3 heteroatoms. The van der Waals surface area contributed by atoms with Crippen LogP contribution in [0.15, 0.2) is 43.1 Å². The molecule has 1 aromatic heterocycles. The number of ether oxygens (including phenoxy) is 1. The predicted octanol–water partition coefficient (Wildman–Crippen LogP) is 6.14. The van der Waals surface area contributed by atoms with Gasteiger partial charge in [-0.05, 0) is 62.8 Å². The van der Waals surface area contributed by atoms with Gasteiger partial charge in [-0.1, -0.05) is 38.0 Å². The van der Waals surface area contributed by atoms with E-state index >= 15 is 0 Å². The second-order valence-corrected chi connectivity index (χ2v) is 6.83. The van der Waals surface area contributed by atoms with Gasteiger partial charge in [0.15, 0.2) is 0 Å². The molecule has 2 rings (SSSR count). The van der Waals surface area contributed by atoms with Gasteiger partial charge in [0, 0.05) is 6.61 Å². The molecule has 1 unspecified atom stereocenters. The van der Waals surface area contributed by atoms with Crippen molar-refractivity contribution in [2.24, 2.45) is 0 Å². The molecule has 0 aliphatic carbocycles. The largest absolute Gasteiger partial charge is 0.379 e. The Labute approximate surface area is 158 Å². The van der Waals surface area contributed by atoms with E-state index in [0.29, 0.717) is 6.10 Å². The first-order valence-corrected chi connectivity index (χ1v) is 9.87. The van der Waals surface area contributed by atoms with E-state index in [9.17, 15) is 0 Å². The average Bonchev–Trinajstić information content (AvgIpc) is 2.65. The molecular formula is C23H32N2O. The van der Waals surface area contributed by atoms with Crippen LogP contribution in [0.25, 0.3) is 17.1 Å². The van der Waals surface area contributed by atoms with Gasteiger partial charge >= 0.3 is 0 Å². The molecule has 0 amide bonds. The van der Waals surface area contributed by atoms with Gasteiger partial charge in [0.25, 0.3) is 0 Å². The molecule has 0 saturated carbocycles. The van der Waals surface area contributed by atoms with Crippen LogP contribution in [-0.2, 0) is 11.2 Å². The van der Waals surface area contributed by atoms with E-state index in [-0.39, 0.29) is 0 Å². The van der Waals surface area contributed by atoms with E-state index in [1.54, 1.807) is 0 Å². The predicted molar refractivity (Wildman–Crippen MR) is 111 cm³/mol. The summed E-state index contributed by atoms with van der Waals surface area (Å²) in [4.78, 5) is 9.20. The van der Waals surface area contributed by atoms with E-state index < -0.39 is 0 Å². The van der Waals surface area contributed by atoms with Gasteiger partial charge in [0.05, 0.1) is 29.0 Å². The summed E-state index contributed by atoms with van der Waals surface area (Å²) in [5.74, 6) is 0. The molecule has 0 aliphatic rings. The highest BCUT2D eigenvalue weighted by atomic mass is 16.5. The first-order valence-electron chi connectivity index (χ1n) is 9.87. The SMILES string of the molecule is C=CCc1ccc2nc(/C=C/CCCC(C)OCCCCC)cnc2c1. The summed E-state index contributed by atoms with van der Waals surface area (Å²) >= 11 is 0. The maximum atomic E-state index is 5.83. The highest BCUT2D eigenvalue weighted by Gasteiger charge is 2.01. The molecule has 26 heavy (non-hydrogen) atoms. The van der Waals surface area contributed by atoms with E-state index in [4.69, 9.17) is 4.74 Å². The van der Waals surface area contributed by atoms with Crippen LogP contribution in [0, 0.1) is 0 Å². The molecule has 0 saturated heterocycles. The summed E-state index contributed by atoms with van der Waals surface area (Å²) < 4.78 is 5.83. The van der Waals surface area contributed by atoms with Gasteiger partial charge in [-0.25, -0.2) is 4.98 Å². The first-order chi connectivity index (χ1) is 12.7. The fraction of sp³-hybridized carbons (Fsp3) is 0.478. The van der Waals surface area contributed by atoms with Crippen LogP contribution in [0.4, 0.5) is 0 Å². The highest BCUT2D eigenvalue weighted by Crippen LogP contribution is 2.14. The third-order valence-corrected chi connectivity index (χ3v) is 4.43. The van der Waals surface area contributed by atoms with Gasteiger partial charge in [-0.15, -0.1) is 6.58 Å². The fourth-order valence-electron chi connectivity index (χ4n) is 2.89. The Morgan fingerprint density at radius 3 is 2.88 bits per heavy atom. The van der Waals surface area contributed by atoms with Gasteiger partial charge in [-0.3, -0.25) is 4.98 Å². The number of aromatic nitrogens is 2. The Bertz CT molecular complexity index is 708. The third-order valence-electron chi connectivity index (χ3n) is 4.43. The topological polar surface area (TPSA) is 35.0 Å². The minimum atomic E-state index is 0.352. The number of benzene rings is 1. The van der Waals surface area contributed by atoms with Crippen LogP contribution >= 0.6 is 0 Å². The molecule has 0 radical (unpaired) electrons. The van der Waals surface area contributed by atoms with Crippen molar-refractivity contribution in [2.75, 3.05) is 6.61 Å². The number of hydrogen-bond acceptors (Lipinski definition) is 3. The summed E-state index contributed by atoms with van der Waals surface area (Å²) in [6.45, 7) is 9.06. The standard InChI is InChI=1S/C23H32N2O/c1-4-6-10-16-26-19(3)12-8-7-9-13-21-18-24-23-17-20(11-5-2)14-15-22(23)25-21/h5,9,13-15,17-19H,2,4,6-8,10-12,16H2,1,3H3/b13-9+. The summed E-state index contributed by atoms with van der Waals surface area (Å²) in [6, 6.07) is 6.21. The maximum absolute atomic E-state index is 5.83. The molecule has 0 N–H and O–H groups in total. The zero-order chi connectivity index (χ0) is 18.6. The Balaban J connectivity index is 1.75. The quantitative estimate of drug-likeness (QED) is 0.340. The third kappa shape index (κ3) is 7.09. The van der Waals surface area contributed by atoms with Crippen LogP contribution in [0.2, 0.25) is 0 Å². The zero-order valence-electron chi connectivity index (χ0n) is 16.3. The number of nitrogens with zero attached hydrogens (tertiary/aromatic N) is 2. The molecule has 1 atom stereocenters. The normalized spacial score (nSPS) is 12.7. The molecule has 0 bridgehead atoms. The number of rotatable bonds is 12. The monoisotopic (exact) mass is 352 g/mol. The molecule has 2 aromatic rings. The lowest BCUT2D eigenvalue weighted by Crippen LogP contribution is -2.08. The first kappa shape index (κ1) is 20.3. The van der Waals surface area contributed by atoms with Crippen LogP contribution in [0.5, 0.6) is 0 Å². The number of allylic oxidation sites excluding steroid dienone is 2. The number of unbranched alkanes of at least 4 members (excludes halogenated alkanes) is 3. The van der Waals surface area contributed by atoms with Crippen LogP contribution in [-0.4, -0.2) is 22.7 Å². The van der Waals surface area contributed by atoms with E-state index in [2.05, 4.69) is 54.7 Å². The van der Waals surface area contributed by atoms with Crippen molar-refractivity contribution in [3.63, 3.8) is 0 Å². The fourth-order valence-corrected chi connectivity index (χ4v) is 2.89. The lowest BCUT2D eigenvalue weighted by atomic mass is 10.1. The second-order valence-electron chi connectivity index (χ2n) is 6.83. The summed E-state index contributed by atoms with van der Waals surface area (Å²) in [5, 5.41) is 0. The van der Waals surface area contributed by atoms with Crippen molar-refractivity contribution in [3.05, 3.63) is 54.4 Å². The van der Waals surface area contributed by atoms with Crippen molar-refractivity contribution in [1.82, 2.24) is 9.97 Å². The van der Waals surface area contributed by atoms with Crippen molar-refractivity contribution in [1.29, 1.82) is 0 Å². The van der Waals surface area contributed by atoms with Crippen LogP contribution < -0.4 is 0 Å². The lowest BCUT2D eigenvalue weighted by Gasteiger charge is -2.11. The second kappa shape index (κ2) is 11.6. The number of fused-ring (bicyclic) bond motifs is 1. The van der Waals surface area contributed by atoms with Crippen molar-refractivity contribution >= 4 is 17.1 Å². The Morgan fingerprint density at radius 1 is 1.19 bits per heavy atom. The van der Waals surface area contributed by atoms with Gasteiger partial charge in [-0.2, -0.15) is 0 Å². The highest BCUT2D eigenvalue weighted by molar-refractivity contribution is 5.75. The van der Waals surface area contributed by atoms with E-state index in [1.807, 2.05) is 18.3 Å². The van der Waals surface area contributed by atoms with Gasteiger partial charge in [0.1, 0.15) is 0 Å². The van der Waals surface area contributed by atoms with Crippen molar-refractivity contribution < 1.29 is 4.74 Å². The molecule has 0 spiro atoms. The van der Waals surface area contributed by atoms with Crippen LogP contribution in [0.1, 0.15) is 63.6 Å². The van der Waals surface area contributed by atoms with E-state index in [0.717, 1.165) is 49.0 Å². The average molecular weight is 353 g/mol. The van der Waals surface area contributed by atoms with Gasteiger partial charge < -0.3 is 4.74 Å². The Kier molecular flexibility index (Phi) is 9.05. The molecule has 1 aromatic carbocycles. The lowest BCUT2D eigenvalue weighted by molar-refractivity contribution is 0.0566. The molecule has 3 nitrogen and oxygen atoms in total. The summed E-state index contributed by atoms with van der Waals surface area (Å²) in [7, 11) is 0. The van der Waals surface area contributed by atoms with Crippen molar-refractivity contribution in [2.45, 2.75) is 64.9 Å². The summed E-state index contributed by atoms with van der Waals surface area (Å²) in [6.07, 6.45) is 16.2. The Hall–Kier alpha value is -2.00. The maximum Gasteiger partial charge on any atom is 0.0894 e. The zero-order valence-corrected chi connectivity index (χ0v) is 16.3. The Morgan fingerprint density at radius 2 is 2.08 bits per heavy atom.